The van der Waals surface area contributed by atoms with Crippen LogP contribution in [0.25, 0.3) is 11.1 Å². The zero-order chi connectivity index (χ0) is 26.1. The van der Waals surface area contributed by atoms with Crippen LogP contribution in [0.3, 0.4) is 0 Å². The smallest absolute Gasteiger partial charge is 0.241 e. The minimum atomic E-state index is -3.94. The summed E-state index contributed by atoms with van der Waals surface area (Å²) in [6.07, 6.45) is 4.73. The van der Waals surface area contributed by atoms with Crippen LogP contribution < -0.4 is 10.0 Å². The summed E-state index contributed by atoms with van der Waals surface area (Å²) in [6.45, 7) is 0. The normalized spacial score (nSPS) is 11.0. The van der Waals surface area contributed by atoms with E-state index in [1.165, 1.54) is 0 Å². The van der Waals surface area contributed by atoms with Gasteiger partial charge in [-0.15, -0.1) is 0 Å². The van der Waals surface area contributed by atoms with Crippen molar-refractivity contribution in [3.63, 3.8) is 0 Å². The van der Waals surface area contributed by atoms with E-state index < -0.39 is 21.7 Å². The first-order valence-corrected chi connectivity index (χ1v) is 13.5. The molecule has 4 aromatic rings. The number of amides is 1. The van der Waals surface area contributed by atoms with Gasteiger partial charge in [-0.05, 0) is 47.4 Å². The van der Waals surface area contributed by atoms with Gasteiger partial charge in [0.1, 0.15) is 11.5 Å². The molecule has 0 saturated carbocycles. The average molecular weight is 514 g/mol. The Bertz CT molecular complexity index is 1460. The second-order valence-electron chi connectivity index (χ2n) is 8.59. The van der Waals surface area contributed by atoms with E-state index in [1.807, 2.05) is 54.6 Å². The minimum absolute atomic E-state index is 0.0876. The van der Waals surface area contributed by atoms with Crippen molar-refractivity contribution in [2.75, 3.05) is 15.8 Å². The number of rotatable bonds is 11. The first-order chi connectivity index (χ1) is 17.9. The molecule has 0 saturated heterocycles. The predicted molar refractivity (Wildman–Crippen MR) is 146 cm³/mol. The van der Waals surface area contributed by atoms with Crippen LogP contribution in [0.4, 0.5) is 11.4 Å². The lowest BCUT2D eigenvalue weighted by Gasteiger charge is -2.12. The standard InChI is InChI=1S/C29H27N3O4S/c33-26(17-14-23-7-6-18-30-20-23)19-22-12-15-25(16-13-22)32-37(35,36)21-29(34)31-28-11-5-4-10-27(28)24-8-2-1-3-9-24/h1-13,15-16,18,20,32H,14,17,19,21H2,(H,31,34). The molecule has 0 aliphatic rings. The number of hydrogen-bond donors (Lipinski definition) is 2. The third-order valence-corrected chi connectivity index (χ3v) is 6.84. The van der Waals surface area contributed by atoms with Crippen molar-refractivity contribution in [3.8, 4) is 11.1 Å². The number of carbonyl (C=O) groups excluding carboxylic acids is 2. The number of carbonyl (C=O) groups is 2. The molecule has 2 N–H and O–H groups in total. The van der Waals surface area contributed by atoms with Gasteiger partial charge in [0.25, 0.3) is 0 Å². The van der Waals surface area contributed by atoms with E-state index in [0.717, 1.165) is 22.3 Å². The molecule has 0 spiro atoms. The molecule has 0 radical (unpaired) electrons. The van der Waals surface area contributed by atoms with Crippen LogP contribution in [0.2, 0.25) is 0 Å². The number of nitrogens with zero attached hydrogens (tertiary/aromatic N) is 1. The highest BCUT2D eigenvalue weighted by atomic mass is 32.2. The van der Waals surface area contributed by atoms with Crippen LogP contribution >= 0.6 is 0 Å². The number of hydrogen-bond acceptors (Lipinski definition) is 5. The Hall–Kier alpha value is -4.30. The molecule has 0 bridgehead atoms. The van der Waals surface area contributed by atoms with Gasteiger partial charge in [-0.1, -0.05) is 66.7 Å². The Kier molecular flexibility index (Phi) is 8.43. The molecular formula is C29H27N3O4S. The van der Waals surface area contributed by atoms with Crippen LogP contribution in [0.5, 0.6) is 0 Å². The largest absolute Gasteiger partial charge is 0.325 e. The molecule has 1 amide bonds. The zero-order valence-electron chi connectivity index (χ0n) is 20.1. The lowest BCUT2D eigenvalue weighted by molar-refractivity contribution is -0.118. The van der Waals surface area contributed by atoms with Crippen LogP contribution in [-0.2, 0) is 32.5 Å². The molecule has 0 aliphatic carbocycles. The summed E-state index contributed by atoms with van der Waals surface area (Å²) in [7, 11) is -3.94. The highest BCUT2D eigenvalue weighted by molar-refractivity contribution is 7.93. The fourth-order valence-corrected chi connectivity index (χ4v) is 4.86. The van der Waals surface area contributed by atoms with Gasteiger partial charge in [-0.25, -0.2) is 8.42 Å². The molecule has 7 nitrogen and oxygen atoms in total. The van der Waals surface area contributed by atoms with E-state index in [9.17, 15) is 18.0 Å². The number of ketones is 1. The van der Waals surface area contributed by atoms with Gasteiger partial charge < -0.3 is 5.32 Å². The Labute approximate surface area is 216 Å². The molecule has 8 heteroatoms. The molecule has 1 heterocycles. The molecule has 3 aromatic carbocycles. The Balaban J connectivity index is 1.31. The maximum atomic E-state index is 12.6. The van der Waals surface area contributed by atoms with Crippen LogP contribution in [0.1, 0.15) is 17.5 Å². The third-order valence-electron chi connectivity index (χ3n) is 5.65. The number of sulfonamides is 1. The van der Waals surface area contributed by atoms with Gasteiger partial charge in [0.2, 0.25) is 15.9 Å². The van der Waals surface area contributed by atoms with E-state index in [0.29, 0.717) is 24.2 Å². The van der Waals surface area contributed by atoms with Crippen molar-refractivity contribution in [1.82, 2.24) is 4.98 Å². The topological polar surface area (TPSA) is 105 Å². The third kappa shape index (κ3) is 7.85. The van der Waals surface area contributed by atoms with Crippen molar-refractivity contribution in [2.45, 2.75) is 19.3 Å². The summed E-state index contributed by atoms with van der Waals surface area (Å²) in [6, 6.07) is 27.1. The van der Waals surface area contributed by atoms with E-state index in [4.69, 9.17) is 0 Å². The second kappa shape index (κ2) is 12.1. The monoisotopic (exact) mass is 513 g/mol. The molecular weight excluding hydrogens is 486 g/mol. The highest BCUT2D eigenvalue weighted by Gasteiger charge is 2.18. The van der Waals surface area contributed by atoms with Gasteiger partial charge >= 0.3 is 0 Å². The Morgan fingerprint density at radius 3 is 2.24 bits per heavy atom. The maximum Gasteiger partial charge on any atom is 0.241 e. The van der Waals surface area contributed by atoms with Crippen molar-refractivity contribution in [2.24, 2.45) is 0 Å². The SMILES string of the molecule is O=C(CCc1cccnc1)Cc1ccc(NS(=O)(=O)CC(=O)Nc2ccccc2-c2ccccc2)cc1. The minimum Gasteiger partial charge on any atom is -0.325 e. The quantitative estimate of drug-likeness (QED) is 0.298. The lowest BCUT2D eigenvalue weighted by Crippen LogP contribution is -2.27. The predicted octanol–water partition coefficient (Wildman–Crippen LogP) is 4.87. The first kappa shape index (κ1) is 25.8. The van der Waals surface area contributed by atoms with Crippen LogP contribution in [0.15, 0.2) is 103 Å². The van der Waals surface area contributed by atoms with Gasteiger partial charge in [-0.2, -0.15) is 0 Å². The van der Waals surface area contributed by atoms with E-state index in [2.05, 4.69) is 15.0 Å². The Morgan fingerprint density at radius 2 is 1.51 bits per heavy atom. The molecule has 0 unspecified atom stereocenters. The lowest BCUT2D eigenvalue weighted by atomic mass is 10.0. The number of para-hydroxylation sites is 1. The van der Waals surface area contributed by atoms with Crippen LogP contribution in [-0.4, -0.2) is 30.8 Å². The molecule has 4 rings (SSSR count). The number of anilines is 2. The van der Waals surface area contributed by atoms with Gasteiger partial charge in [0.05, 0.1) is 0 Å². The van der Waals surface area contributed by atoms with Gasteiger partial charge in [0.15, 0.2) is 0 Å². The molecule has 1 aromatic heterocycles. The number of nitrogens with one attached hydrogen (secondary N) is 2. The molecule has 0 aliphatic heterocycles. The number of benzene rings is 3. The number of aromatic nitrogens is 1. The zero-order valence-corrected chi connectivity index (χ0v) is 20.9. The summed E-state index contributed by atoms with van der Waals surface area (Å²) < 4.78 is 27.6. The highest BCUT2D eigenvalue weighted by Crippen LogP contribution is 2.27. The first-order valence-electron chi connectivity index (χ1n) is 11.8. The fraction of sp³-hybridized carbons (Fsp3) is 0.138. The van der Waals surface area contributed by atoms with E-state index in [-0.39, 0.29) is 12.2 Å². The van der Waals surface area contributed by atoms with Gasteiger partial charge in [0, 0.05) is 42.2 Å². The molecule has 0 atom stereocenters. The average Bonchev–Trinajstić information content (AvgIpc) is 2.89. The fourth-order valence-electron chi connectivity index (χ4n) is 3.87. The summed E-state index contributed by atoms with van der Waals surface area (Å²) in [5.41, 5.74) is 4.36. The molecule has 0 fully saturated rings. The van der Waals surface area contributed by atoms with Gasteiger partial charge in [-0.3, -0.25) is 19.3 Å². The molecule has 188 valence electrons. The van der Waals surface area contributed by atoms with Crippen molar-refractivity contribution in [3.05, 3.63) is 115 Å². The summed E-state index contributed by atoms with van der Waals surface area (Å²) in [5, 5.41) is 2.71. The van der Waals surface area contributed by atoms with Crippen molar-refractivity contribution >= 4 is 33.1 Å². The molecule has 37 heavy (non-hydrogen) atoms. The van der Waals surface area contributed by atoms with Crippen molar-refractivity contribution < 1.29 is 18.0 Å². The summed E-state index contributed by atoms with van der Waals surface area (Å²) in [5.74, 6) is -1.29. The van der Waals surface area contributed by atoms with E-state index in [1.54, 1.807) is 48.8 Å². The van der Waals surface area contributed by atoms with Crippen molar-refractivity contribution in [1.29, 1.82) is 0 Å². The second-order valence-corrected chi connectivity index (χ2v) is 10.3. The number of aryl methyl sites for hydroxylation is 1. The summed E-state index contributed by atoms with van der Waals surface area (Å²) in [4.78, 5) is 28.9. The Morgan fingerprint density at radius 1 is 0.784 bits per heavy atom. The van der Waals surface area contributed by atoms with E-state index >= 15 is 0 Å². The summed E-state index contributed by atoms with van der Waals surface area (Å²) >= 11 is 0. The van der Waals surface area contributed by atoms with Crippen LogP contribution in [0, 0.1) is 0 Å². The number of Topliss-reactive ketones (excluding diaryl/α,β-unsaturated/α-hetero) is 1. The number of pyridine rings is 1. The maximum absolute atomic E-state index is 12.6.